The third-order valence-corrected chi connectivity index (χ3v) is 3.06. The smallest absolute Gasteiger partial charge is 0.171 e. The normalized spacial score (nSPS) is 11.9. The molecule has 1 heterocycles. The van der Waals surface area contributed by atoms with E-state index in [0.29, 0.717) is 29.6 Å². The summed E-state index contributed by atoms with van der Waals surface area (Å²) in [4.78, 5) is 6.28. The number of anilines is 1. The zero-order valence-corrected chi connectivity index (χ0v) is 12.1. The summed E-state index contributed by atoms with van der Waals surface area (Å²) in [6.45, 7) is 5.28. The van der Waals surface area contributed by atoms with Crippen molar-refractivity contribution in [2.75, 3.05) is 25.2 Å². The van der Waals surface area contributed by atoms with Crippen LogP contribution in [0.15, 0.2) is 17.4 Å². The van der Waals surface area contributed by atoms with E-state index in [9.17, 15) is 0 Å². The molecule has 106 valence electrons. The SMILES string of the molecule is COCCN(c1nccc(/C(N)=N/O)c1Cl)C(C)C. The number of nitrogens with zero attached hydrogens (tertiary/aromatic N) is 3. The minimum atomic E-state index is -0.0379. The second-order valence-corrected chi connectivity index (χ2v) is 4.64. The van der Waals surface area contributed by atoms with Crippen LogP contribution in [0.2, 0.25) is 5.02 Å². The average Bonchev–Trinajstić information content (AvgIpc) is 2.39. The first kappa shape index (κ1) is 15.5. The molecule has 0 amide bonds. The van der Waals surface area contributed by atoms with Crippen molar-refractivity contribution in [3.8, 4) is 0 Å². The Morgan fingerprint density at radius 2 is 2.32 bits per heavy atom. The molecule has 3 N–H and O–H groups in total. The Bertz CT molecular complexity index is 451. The molecule has 1 aromatic rings. The maximum atomic E-state index is 8.74. The highest BCUT2D eigenvalue weighted by atomic mass is 35.5. The molecule has 0 radical (unpaired) electrons. The molecule has 0 atom stereocenters. The number of hydrogen-bond acceptors (Lipinski definition) is 5. The quantitative estimate of drug-likeness (QED) is 0.360. The molecule has 0 saturated carbocycles. The molecule has 0 unspecified atom stereocenters. The maximum absolute atomic E-state index is 8.74. The van der Waals surface area contributed by atoms with Gasteiger partial charge < -0.3 is 20.6 Å². The summed E-state index contributed by atoms with van der Waals surface area (Å²) in [5, 5.41) is 12.1. The highest BCUT2D eigenvalue weighted by Crippen LogP contribution is 2.28. The van der Waals surface area contributed by atoms with Gasteiger partial charge in [0.15, 0.2) is 5.84 Å². The lowest BCUT2D eigenvalue weighted by molar-refractivity contribution is 0.203. The van der Waals surface area contributed by atoms with Gasteiger partial charge in [0, 0.05) is 31.5 Å². The Balaban J connectivity index is 3.17. The highest BCUT2D eigenvalue weighted by Gasteiger charge is 2.18. The Morgan fingerprint density at radius 1 is 1.63 bits per heavy atom. The molecule has 0 aromatic carbocycles. The molecule has 6 nitrogen and oxygen atoms in total. The molecule has 0 aliphatic rings. The minimum absolute atomic E-state index is 0.0379. The van der Waals surface area contributed by atoms with E-state index in [2.05, 4.69) is 10.1 Å². The van der Waals surface area contributed by atoms with Gasteiger partial charge in [-0.3, -0.25) is 0 Å². The number of aromatic nitrogens is 1. The molecule has 0 bridgehead atoms. The molecule has 1 aromatic heterocycles. The topological polar surface area (TPSA) is 84.0 Å². The van der Waals surface area contributed by atoms with E-state index in [1.165, 1.54) is 0 Å². The number of amidine groups is 1. The summed E-state index contributed by atoms with van der Waals surface area (Å²) < 4.78 is 5.08. The predicted molar refractivity (Wildman–Crippen MR) is 76.1 cm³/mol. The summed E-state index contributed by atoms with van der Waals surface area (Å²) >= 11 is 6.28. The van der Waals surface area contributed by atoms with Crippen molar-refractivity contribution in [2.24, 2.45) is 10.9 Å². The Kier molecular flexibility index (Phi) is 5.85. The number of pyridine rings is 1. The molecule has 0 aliphatic heterocycles. The molecule has 0 fully saturated rings. The van der Waals surface area contributed by atoms with Gasteiger partial charge in [-0.2, -0.15) is 0 Å². The van der Waals surface area contributed by atoms with Gasteiger partial charge in [0.05, 0.1) is 11.6 Å². The maximum Gasteiger partial charge on any atom is 0.171 e. The van der Waals surface area contributed by atoms with E-state index in [1.807, 2.05) is 18.7 Å². The lowest BCUT2D eigenvalue weighted by atomic mass is 10.2. The van der Waals surface area contributed by atoms with Crippen LogP contribution in [0.1, 0.15) is 19.4 Å². The van der Waals surface area contributed by atoms with Gasteiger partial charge in [0.2, 0.25) is 0 Å². The predicted octanol–water partition coefficient (Wildman–Crippen LogP) is 1.69. The number of halogens is 1. The van der Waals surface area contributed by atoms with Crippen LogP contribution in [0.5, 0.6) is 0 Å². The van der Waals surface area contributed by atoms with Gasteiger partial charge in [0.1, 0.15) is 5.82 Å². The van der Waals surface area contributed by atoms with Crippen LogP contribution in [0.25, 0.3) is 0 Å². The van der Waals surface area contributed by atoms with Gasteiger partial charge in [-0.1, -0.05) is 16.8 Å². The number of hydrogen-bond donors (Lipinski definition) is 2. The number of oxime groups is 1. The summed E-state index contributed by atoms with van der Waals surface area (Å²) in [5.41, 5.74) is 6.04. The third kappa shape index (κ3) is 3.71. The fourth-order valence-corrected chi connectivity index (χ4v) is 2.00. The largest absolute Gasteiger partial charge is 0.409 e. The monoisotopic (exact) mass is 286 g/mol. The van der Waals surface area contributed by atoms with Crippen molar-refractivity contribution in [1.82, 2.24) is 4.98 Å². The highest BCUT2D eigenvalue weighted by molar-refractivity contribution is 6.36. The minimum Gasteiger partial charge on any atom is -0.409 e. The van der Waals surface area contributed by atoms with Crippen LogP contribution >= 0.6 is 11.6 Å². The molecular weight excluding hydrogens is 268 g/mol. The molecule has 0 spiro atoms. The van der Waals surface area contributed by atoms with E-state index in [1.54, 1.807) is 19.4 Å². The van der Waals surface area contributed by atoms with Gasteiger partial charge in [-0.25, -0.2) is 4.98 Å². The first-order valence-electron chi connectivity index (χ1n) is 5.90. The number of nitrogens with two attached hydrogens (primary N) is 1. The van der Waals surface area contributed by atoms with Crippen molar-refractivity contribution in [1.29, 1.82) is 0 Å². The Morgan fingerprint density at radius 3 is 2.84 bits per heavy atom. The van der Waals surface area contributed by atoms with Crippen LogP contribution in [-0.2, 0) is 4.74 Å². The number of methoxy groups -OCH3 is 1. The van der Waals surface area contributed by atoms with E-state index in [-0.39, 0.29) is 11.9 Å². The van der Waals surface area contributed by atoms with E-state index < -0.39 is 0 Å². The Hall–Kier alpha value is -1.53. The zero-order valence-electron chi connectivity index (χ0n) is 11.3. The van der Waals surface area contributed by atoms with Crippen LogP contribution in [-0.4, -0.2) is 42.3 Å². The molecule has 0 saturated heterocycles. The van der Waals surface area contributed by atoms with Crippen molar-refractivity contribution in [3.63, 3.8) is 0 Å². The van der Waals surface area contributed by atoms with Crippen LogP contribution in [0.3, 0.4) is 0 Å². The summed E-state index contributed by atoms with van der Waals surface area (Å²) in [6, 6.07) is 1.80. The first-order valence-corrected chi connectivity index (χ1v) is 6.28. The number of rotatable bonds is 6. The average molecular weight is 287 g/mol. The van der Waals surface area contributed by atoms with E-state index in [0.717, 1.165) is 0 Å². The van der Waals surface area contributed by atoms with E-state index in [4.69, 9.17) is 27.3 Å². The summed E-state index contributed by atoms with van der Waals surface area (Å²) in [6.07, 6.45) is 1.58. The number of ether oxygens (including phenoxy) is 1. The van der Waals surface area contributed by atoms with Crippen molar-refractivity contribution in [3.05, 3.63) is 22.8 Å². The third-order valence-electron chi connectivity index (χ3n) is 2.69. The molecule has 19 heavy (non-hydrogen) atoms. The molecule has 1 rings (SSSR count). The second kappa shape index (κ2) is 7.16. The molecule has 7 heteroatoms. The fraction of sp³-hybridized carbons (Fsp3) is 0.500. The summed E-state index contributed by atoms with van der Waals surface area (Å²) in [7, 11) is 1.64. The van der Waals surface area contributed by atoms with Gasteiger partial charge in [-0.05, 0) is 19.9 Å². The van der Waals surface area contributed by atoms with Crippen molar-refractivity contribution < 1.29 is 9.94 Å². The zero-order chi connectivity index (χ0) is 14.4. The molecular formula is C12H19ClN4O2. The van der Waals surface area contributed by atoms with E-state index >= 15 is 0 Å². The summed E-state index contributed by atoms with van der Waals surface area (Å²) in [5.74, 6) is 0.557. The van der Waals surface area contributed by atoms with Gasteiger partial charge in [-0.15, -0.1) is 0 Å². The van der Waals surface area contributed by atoms with Crippen molar-refractivity contribution in [2.45, 2.75) is 19.9 Å². The van der Waals surface area contributed by atoms with Gasteiger partial charge in [0.25, 0.3) is 0 Å². The van der Waals surface area contributed by atoms with Gasteiger partial charge >= 0.3 is 0 Å². The first-order chi connectivity index (χ1) is 9.02. The van der Waals surface area contributed by atoms with Crippen LogP contribution in [0.4, 0.5) is 5.82 Å². The second-order valence-electron chi connectivity index (χ2n) is 4.26. The lowest BCUT2D eigenvalue weighted by Crippen LogP contribution is -2.35. The Labute approximate surface area is 117 Å². The molecule has 0 aliphatic carbocycles. The lowest BCUT2D eigenvalue weighted by Gasteiger charge is -2.28. The van der Waals surface area contributed by atoms with Crippen molar-refractivity contribution >= 4 is 23.3 Å². The standard InChI is InChI=1S/C12H19ClN4O2/c1-8(2)17(6-7-19-3)12-10(13)9(4-5-15-12)11(14)16-18/h4-5,8,18H,6-7H2,1-3H3,(H2,14,16). The van der Waals surface area contributed by atoms with Crippen LogP contribution < -0.4 is 10.6 Å². The van der Waals surface area contributed by atoms with Crippen LogP contribution in [0, 0.1) is 0 Å². The fourth-order valence-electron chi connectivity index (χ4n) is 1.68.